The number of fused-ring (bicyclic) bond motifs is 1. The Morgan fingerprint density at radius 2 is 1.77 bits per heavy atom. The van der Waals surface area contributed by atoms with Gasteiger partial charge in [-0.2, -0.15) is 9.97 Å². The van der Waals surface area contributed by atoms with Gasteiger partial charge < -0.3 is 39.5 Å². The van der Waals surface area contributed by atoms with E-state index >= 15 is 0 Å². The molecule has 39 heavy (non-hydrogen) atoms. The molecule has 2 aromatic heterocycles. The molecular weight excluding hydrogens is 576 g/mol. The number of aliphatic hydroxyl groups excluding tert-OH is 2. The average Bonchev–Trinajstić information content (AvgIpc) is 3.35. The average molecular weight is 606 g/mol. The molecule has 1 fully saturated rings. The summed E-state index contributed by atoms with van der Waals surface area (Å²) in [6.07, 6.45) is -4.31. The van der Waals surface area contributed by atoms with Crippen LogP contribution in [0.2, 0.25) is 5.28 Å². The number of hydrogen-bond donors (Lipinski definition) is 6. The van der Waals surface area contributed by atoms with E-state index in [1.807, 2.05) is 12.1 Å². The number of ether oxygens (including phenoxy) is 1. The van der Waals surface area contributed by atoms with Crippen LogP contribution < -0.4 is 5.32 Å². The summed E-state index contributed by atoms with van der Waals surface area (Å²) in [5, 5.41) is 24.1. The Kier molecular flexibility index (Phi) is 8.57. The summed E-state index contributed by atoms with van der Waals surface area (Å²) in [6.45, 7) is 6.09. The number of benzene rings is 1. The summed E-state index contributed by atoms with van der Waals surface area (Å²) in [7, 11) is -9.53. The van der Waals surface area contributed by atoms with Gasteiger partial charge in [-0.3, -0.25) is 13.7 Å². The fourth-order valence-electron chi connectivity index (χ4n) is 4.07. The van der Waals surface area contributed by atoms with E-state index in [-0.39, 0.29) is 16.3 Å². The van der Waals surface area contributed by atoms with Crippen LogP contribution in [0.15, 0.2) is 30.6 Å². The van der Waals surface area contributed by atoms with Gasteiger partial charge in [-0.15, -0.1) is 0 Å². The summed E-state index contributed by atoms with van der Waals surface area (Å²) < 4.78 is 34.7. The zero-order valence-corrected chi connectivity index (χ0v) is 23.8. The summed E-state index contributed by atoms with van der Waals surface area (Å²) in [4.78, 5) is 40.3. The van der Waals surface area contributed by atoms with Crippen molar-refractivity contribution in [3.05, 3.63) is 47.0 Å². The van der Waals surface area contributed by atoms with Crippen molar-refractivity contribution < 1.29 is 43.3 Å². The quantitative estimate of drug-likeness (QED) is 0.153. The molecule has 3 aromatic rings. The zero-order valence-electron chi connectivity index (χ0n) is 21.2. The van der Waals surface area contributed by atoms with Crippen molar-refractivity contribution >= 4 is 43.8 Å². The van der Waals surface area contributed by atoms with E-state index in [0.29, 0.717) is 17.9 Å². The molecule has 6 N–H and O–H groups in total. The minimum Gasteiger partial charge on any atom is -0.387 e. The first-order valence-corrected chi connectivity index (χ1v) is 15.7. The highest BCUT2D eigenvalue weighted by molar-refractivity contribution is 7.70. The van der Waals surface area contributed by atoms with Crippen LogP contribution in [0.25, 0.3) is 11.2 Å². The number of hydrogen-bond acceptors (Lipinski definition) is 10. The maximum absolute atomic E-state index is 11.9. The molecule has 214 valence electrons. The van der Waals surface area contributed by atoms with Gasteiger partial charge in [-0.25, -0.2) is 4.98 Å². The highest BCUT2D eigenvalue weighted by Gasteiger charge is 2.45. The smallest absolute Gasteiger partial charge is 0.340 e. The van der Waals surface area contributed by atoms with Crippen molar-refractivity contribution in [3.8, 4) is 0 Å². The van der Waals surface area contributed by atoms with Gasteiger partial charge in [0.15, 0.2) is 29.1 Å². The summed E-state index contributed by atoms with van der Waals surface area (Å²) in [5.41, 5.74) is 2.72. The minimum atomic E-state index is -4.84. The fraction of sp³-hybridized carbons (Fsp3) is 0.500. The van der Waals surface area contributed by atoms with Crippen LogP contribution >= 0.6 is 26.8 Å². The first-order valence-electron chi connectivity index (χ1n) is 11.8. The molecule has 1 saturated heterocycles. The number of halogens is 1. The van der Waals surface area contributed by atoms with E-state index < -0.39 is 52.2 Å². The maximum atomic E-state index is 11.9. The molecular formula is C22H30ClN5O9P2. The lowest BCUT2D eigenvalue weighted by atomic mass is 9.87. The number of anilines is 1. The van der Waals surface area contributed by atoms with Crippen LogP contribution in [0.1, 0.15) is 38.1 Å². The van der Waals surface area contributed by atoms with Crippen LogP contribution in [-0.2, 0) is 30.4 Å². The van der Waals surface area contributed by atoms with E-state index in [2.05, 4.69) is 53.2 Å². The second-order valence-electron chi connectivity index (χ2n) is 10.3. The SMILES string of the molecule is CC(C)(C)c1ccc(CNc2nc(Cl)nc3c2ncn3[C@@H]2O[C@H](COP(=O)(O)CP(=O)(O)O)[C@@H](O)[C@H]2O)cc1. The Bertz CT molecular complexity index is 1430. The monoisotopic (exact) mass is 605 g/mol. The van der Waals surface area contributed by atoms with Crippen molar-refractivity contribution in [2.75, 3.05) is 17.8 Å². The largest absolute Gasteiger partial charge is 0.387 e. The summed E-state index contributed by atoms with van der Waals surface area (Å²) in [5.74, 6) is -1.07. The van der Waals surface area contributed by atoms with Crippen LogP contribution in [0.3, 0.4) is 0 Å². The van der Waals surface area contributed by atoms with E-state index in [0.717, 1.165) is 5.56 Å². The molecule has 0 saturated carbocycles. The van der Waals surface area contributed by atoms with Gasteiger partial charge in [0, 0.05) is 6.54 Å². The lowest BCUT2D eigenvalue weighted by Crippen LogP contribution is -2.33. The lowest BCUT2D eigenvalue weighted by Gasteiger charge is -2.19. The number of rotatable bonds is 9. The van der Waals surface area contributed by atoms with Gasteiger partial charge in [0.1, 0.15) is 18.3 Å². The van der Waals surface area contributed by atoms with Gasteiger partial charge in [0.2, 0.25) is 5.28 Å². The second kappa shape index (κ2) is 11.1. The third kappa shape index (κ3) is 7.22. The topological polar surface area (TPSA) is 209 Å². The highest BCUT2D eigenvalue weighted by Crippen LogP contribution is 2.55. The number of nitrogens with one attached hydrogen (secondary N) is 1. The van der Waals surface area contributed by atoms with Crippen molar-refractivity contribution in [1.29, 1.82) is 0 Å². The molecule has 3 heterocycles. The fourth-order valence-corrected chi connectivity index (χ4v) is 6.80. The van der Waals surface area contributed by atoms with E-state index in [4.69, 9.17) is 30.6 Å². The molecule has 0 amide bonds. The third-order valence-corrected chi connectivity index (χ3v) is 9.71. The number of aliphatic hydroxyl groups is 2. The molecule has 17 heteroatoms. The molecule has 1 aliphatic heterocycles. The number of nitrogens with zero attached hydrogens (tertiary/aromatic N) is 4. The zero-order chi connectivity index (χ0) is 28.8. The molecule has 14 nitrogen and oxygen atoms in total. The molecule has 0 spiro atoms. The predicted octanol–water partition coefficient (Wildman–Crippen LogP) is 2.35. The van der Waals surface area contributed by atoms with Crippen molar-refractivity contribution in [2.45, 2.75) is 57.3 Å². The Hall–Kier alpha value is -1.96. The molecule has 0 radical (unpaired) electrons. The Balaban J connectivity index is 1.50. The highest BCUT2D eigenvalue weighted by atomic mass is 35.5. The Morgan fingerprint density at radius 1 is 1.10 bits per heavy atom. The standard InChI is InChI=1S/C22H30ClN5O9P2/c1-22(2,3)13-6-4-12(5-7-13)8-24-18-15-19(27-21(23)26-18)28(10-25-15)20-17(30)16(29)14(37-20)9-36-39(34,35)11-38(31,32)33/h4-7,10,14,16-17,20,29-30H,8-9,11H2,1-3H3,(H,34,35)(H,24,26,27)(H2,31,32,33)/t14-,16-,17-,20-/m1/s1. The predicted molar refractivity (Wildman–Crippen MR) is 141 cm³/mol. The maximum Gasteiger partial charge on any atom is 0.340 e. The molecule has 5 atom stereocenters. The van der Waals surface area contributed by atoms with E-state index in [1.54, 1.807) is 0 Å². The van der Waals surface area contributed by atoms with Crippen LogP contribution in [0.4, 0.5) is 5.82 Å². The molecule has 0 aliphatic carbocycles. The third-order valence-electron chi connectivity index (χ3n) is 6.09. The van der Waals surface area contributed by atoms with Gasteiger partial charge in [0.05, 0.1) is 12.9 Å². The van der Waals surface area contributed by atoms with Crippen LogP contribution in [0, 0.1) is 0 Å². The van der Waals surface area contributed by atoms with Gasteiger partial charge >= 0.3 is 15.2 Å². The van der Waals surface area contributed by atoms with Gasteiger partial charge in [-0.1, -0.05) is 45.0 Å². The lowest BCUT2D eigenvalue weighted by molar-refractivity contribution is -0.0483. The first-order chi connectivity index (χ1) is 18.0. The molecule has 1 aromatic carbocycles. The molecule has 1 aliphatic rings. The Labute approximate surface area is 228 Å². The van der Waals surface area contributed by atoms with Crippen molar-refractivity contribution in [3.63, 3.8) is 0 Å². The van der Waals surface area contributed by atoms with Gasteiger partial charge in [-0.05, 0) is 28.1 Å². The van der Waals surface area contributed by atoms with Crippen LogP contribution in [-0.4, -0.2) is 75.2 Å². The molecule has 4 rings (SSSR count). The normalized spacial score (nSPS) is 23.7. The van der Waals surface area contributed by atoms with Gasteiger partial charge in [0.25, 0.3) is 0 Å². The summed E-state index contributed by atoms with van der Waals surface area (Å²) >= 11 is 6.16. The minimum absolute atomic E-state index is 0.0252. The van der Waals surface area contributed by atoms with Crippen LogP contribution in [0.5, 0.6) is 0 Å². The van der Waals surface area contributed by atoms with Crippen molar-refractivity contribution in [1.82, 2.24) is 19.5 Å². The van der Waals surface area contributed by atoms with Crippen molar-refractivity contribution in [2.24, 2.45) is 0 Å². The first kappa shape index (κ1) is 30.0. The van der Waals surface area contributed by atoms with E-state index in [1.165, 1.54) is 16.5 Å². The summed E-state index contributed by atoms with van der Waals surface area (Å²) in [6, 6.07) is 8.12. The Morgan fingerprint density at radius 3 is 2.38 bits per heavy atom. The van der Waals surface area contributed by atoms with E-state index in [9.17, 15) is 24.2 Å². The number of aromatic nitrogens is 4. The molecule has 0 bridgehead atoms. The second-order valence-corrected chi connectivity index (χ2v) is 14.6. The number of imidazole rings is 1. The molecule has 1 unspecified atom stereocenters.